The van der Waals surface area contributed by atoms with Gasteiger partial charge in [0, 0.05) is 19.3 Å². The zero-order valence-electron chi connectivity index (χ0n) is 9.51. The molecule has 2 rings (SSSR count). The Balaban J connectivity index is 2.19. The molecule has 1 saturated heterocycles. The molecule has 3 N–H and O–H groups in total. The predicted octanol–water partition coefficient (Wildman–Crippen LogP) is -0.376. The highest BCUT2D eigenvalue weighted by molar-refractivity contribution is 5.97. The molecule has 1 aromatic heterocycles. The molecule has 1 atom stereocenters. The average molecular weight is 234 g/mol. The fourth-order valence-corrected chi connectivity index (χ4v) is 1.76. The van der Waals surface area contributed by atoms with Crippen LogP contribution in [0, 0.1) is 0 Å². The number of carbonyl (C=O) groups excluding carboxylic acids is 2. The number of piperazine rings is 1. The van der Waals surface area contributed by atoms with Crippen LogP contribution in [0.1, 0.15) is 17.3 Å². The largest absolute Gasteiger partial charge is 0.384 e. The number of pyridine rings is 1. The lowest BCUT2D eigenvalue weighted by atomic mass is 10.1. The molecule has 0 spiro atoms. The third-order valence-corrected chi connectivity index (χ3v) is 2.79. The van der Waals surface area contributed by atoms with Crippen molar-refractivity contribution in [2.75, 3.05) is 18.8 Å². The van der Waals surface area contributed by atoms with E-state index in [0.29, 0.717) is 24.5 Å². The number of hydrogen-bond acceptors (Lipinski definition) is 4. The van der Waals surface area contributed by atoms with Crippen molar-refractivity contribution in [2.45, 2.75) is 13.0 Å². The number of nitrogens with two attached hydrogens (primary N) is 1. The second-order valence-electron chi connectivity index (χ2n) is 3.94. The van der Waals surface area contributed by atoms with Crippen LogP contribution in [0.5, 0.6) is 0 Å². The Hall–Kier alpha value is -2.11. The minimum atomic E-state index is -0.450. The molecule has 2 amide bonds. The number of nitrogen functional groups attached to an aromatic ring is 1. The average Bonchev–Trinajstić information content (AvgIpc) is 2.33. The van der Waals surface area contributed by atoms with Crippen molar-refractivity contribution in [3.8, 4) is 0 Å². The van der Waals surface area contributed by atoms with Gasteiger partial charge in [0.2, 0.25) is 5.91 Å². The Morgan fingerprint density at radius 2 is 2.35 bits per heavy atom. The highest BCUT2D eigenvalue weighted by atomic mass is 16.2. The van der Waals surface area contributed by atoms with E-state index in [2.05, 4.69) is 10.3 Å². The van der Waals surface area contributed by atoms with Crippen LogP contribution >= 0.6 is 0 Å². The molecule has 1 fully saturated rings. The molecule has 0 aliphatic carbocycles. The van der Waals surface area contributed by atoms with Gasteiger partial charge in [-0.05, 0) is 19.1 Å². The van der Waals surface area contributed by atoms with Gasteiger partial charge >= 0.3 is 0 Å². The number of nitrogens with one attached hydrogen (secondary N) is 1. The van der Waals surface area contributed by atoms with Gasteiger partial charge in [0.05, 0.1) is 5.56 Å². The van der Waals surface area contributed by atoms with Crippen LogP contribution in [0.25, 0.3) is 0 Å². The monoisotopic (exact) mass is 234 g/mol. The van der Waals surface area contributed by atoms with Crippen LogP contribution in [0.2, 0.25) is 0 Å². The van der Waals surface area contributed by atoms with Crippen LogP contribution in [0.3, 0.4) is 0 Å². The van der Waals surface area contributed by atoms with Gasteiger partial charge in [-0.1, -0.05) is 0 Å². The minimum Gasteiger partial charge on any atom is -0.384 e. The normalized spacial score (nSPS) is 19.9. The van der Waals surface area contributed by atoms with E-state index in [-0.39, 0.29) is 11.8 Å². The number of aromatic nitrogens is 1. The molecule has 1 aromatic rings. The molecule has 6 nitrogen and oxygen atoms in total. The molecule has 2 heterocycles. The van der Waals surface area contributed by atoms with Crippen molar-refractivity contribution < 1.29 is 9.59 Å². The van der Waals surface area contributed by atoms with Crippen molar-refractivity contribution in [1.29, 1.82) is 0 Å². The van der Waals surface area contributed by atoms with E-state index < -0.39 is 6.04 Å². The predicted molar refractivity (Wildman–Crippen MR) is 62.2 cm³/mol. The minimum absolute atomic E-state index is 0.131. The molecule has 1 aliphatic rings. The van der Waals surface area contributed by atoms with Gasteiger partial charge in [0.1, 0.15) is 11.9 Å². The van der Waals surface area contributed by atoms with E-state index in [1.54, 1.807) is 19.1 Å². The molecule has 0 bridgehead atoms. The standard InChI is InChI=1S/C11H14N4O2/c1-7-10(16)13-4-5-15(7)11(17)8-2-3-9(12)14-6-8/h2-3,6-7H,4-5H2,1H3,(H2,12,14)(H,13,16). The first-order chi connectivity index (χ1) is 8.09. The number of nitrogens with zero attached hydrogens (tertiary/aromatic N) is 2. The molecule has 0 aromatic carbocycles. The number of anilines is 1. The van der Waals surface area contributed by atoms with Gasteiger partial charge in [-0.25, -0.2) is 4.98 Å². The van der Waals surface area contributed by atoms with Gasteiger partial charge in [0.25, 0.3) is 5.91 Å². The van der Waals surface area contributed by atoms with E-state index in [1.165, 1.54) is 11.1 Å². The molecular formula is C11H14N4O2. The third kappa shape index (κ3) is 2.20. The number of amides is 2. The smallest absolute Gasteiger partial charge is 0.256 e. The van der Waals surface area contributed by atoms with E-state index in [1.807, 2.05) is 0 Å². The molecular weight excluding hydrogens is 220 g/mol. The van der Waals surface area contributed by atoms with Crippen LogP contribution in [-0.4, -0.2) is 40.8 Å². The summed E-state index contributed by atoms with van der Waals surface area (Å²) >= 11 is 0. The summed E-state index contributed by atoms with van der Waals surface area (Å²) in [6.45, 7) is 2.70. The molecule has 0 radical (unpaired) electrons. The SMILES string of the molecule is CC1C(=O)NCCN1C(=O)c1ccc(N)nc1. The van der Waals surface area contributed by atoms with E-state index in [9.17, 15) is 9.59 Å². The van der Waals surface area contributed by atoms with Gasteiger partial charge in [0.15, 0.2) is 0 Å². The summed E-state index contributed by atoms with van der Waals surface area (Å²) in [5, 5.41) is 2.71. The summed E-state index contributed by atoms with van der Waals surface area (Å²) in [7, 11) is 0. The van der Waals surface area contributed by atoms with Gasteiger partial charge in [-0.15, -0.1) is 0 Å². The van der Waals surface area contributed by atoms with Crippen LogP contribution < -0.4 is 11.1 Å². The van der Waals surface area contributed by atoms with Crippen LogP contribution in [0.4, 0.5) is 5.82 Å². The van der Waals surface area contributed by atoms with Gasteiger partial charge < -0.3 is 16.0 Å². The number of rotatable bonds is 1. The van der Waals surface area contributed by atoms with E-state index in [0.717, 1.165) is 0 Å². The maximum atomic E-state index is 12.1. The number of hydrogen-bond donors (Lipinski definition) is 2. The fourth-order valence-electron chi connectivity index (χ4n) is 1.76. The van der Waals surface area contributed by atoms with Crippen LogP contribution in [-0.2, 0) is 4.79 Å². The lowest BCUT2D eigenvalue weighted by molar-refractivity contribution is -0.127. The lowest BCUT2D eigenvalue weighted by Crippen LogP contribution is -2.55. The van der Waals surface area contributed by atoms with Crippen molar-refractivity contribution in [3.05, 3.63) is 23.9 Å². The molecule has 1 unspecified atom stereocenters. The summed E-state index contributed by atoms with van der Waals surface area (Å²) in [5.74, 6) is 0.0406. The Morgan fingerprint density at radius 1 is 1.59 bits per heavy atom. The fraction of sp³-hybridized carbons (Fsp3) is 0.364. The Bertz CT molecular complexity index is 443. The number of carbonyl (C=O) groups is 2. The summed E-state index contributed by atoms with van der Waals surface area (Å²) in [6, 6.07) is 2.74. The summed E-state index contributed by atoms with van der Waals surface area (Å²) in [5.41, 5.74) is 5.90. The zero-order chi connectivity index (χ0) is 12.4. The highest BCUT2D eigenvalue weighted by Crippen LogP contribution is 2.11. The highest BCUT2D eigenvalue weighted by Gasteiger charge is 2.29. The van der Waals surface area contributed by atoms with Crippen molar-refractivity contribution in [1.82, 2.24) is 15.2 Å². The molecule has 6 heteroatoms. The topological polar surface area (TPSA) is 88.3 Å². The Morgan fingerprint density at radius 3 is 3.00 bits per heavy atom. The van der Waals surface area contributed by atoms with Crippen molar-refractivity contribution in [3.63, 3.8) is 0 Å². The third-order valence-electron chi connectivity index (χ3n) is 2.79. The first kappa shape index (κ1) is 11.4. The quantitative estimate of drug-likeness (QED) is 0.693. The van der Waals surface area contributed by atoms with Crippen molar-refractivity contribution >= 4 is 17.6 Å². The summed E-state index contributed by atoms with van der Waals surface area (Å²) < 4.78 is 0. The van der Waals surface area contributed by atoms with Gasteiger partial charge in [-0.3, -0.25) is 9.59 Å². The molecule has 17 heavy (non-hydrogen) atoms. The second-order valence-corrected chi connectivity index (χ2v) is 3.94. The second kappa shape index (κ2) is 4.40. The Labute approximate surface area is 98.8 Å². The maximum Gasteiger partial charge on any atom is 0.256 e. The van der Waals surface area contributed by atoms with Crippen LogP contribution in [0.15, 0.2) is 18.3 Å². The zero-order valence-corrected chi connectivity index (χ0v) is 9.51. The first-order valence-corrected chi connectivity index (χ1v) is 5.40. The van der Waals surface area contributed by atoms with E-state index in [4.69, 9.17) is 5.73 Å². The van der Waals surface area contributed by atoms with E-state index >= 15 is 0 Å². The first-order valence-electron chi connectivity index (χ1n) is 5.40. The molecule has 1 aliphatic heterocycles. The summed E-state index contributed by atoms with van der Waals surface area (Å²) in [6.07, 6.45) is 1.43. The van der Waals surface area contributed by atoms with Gasteiger partial charge in [-0.2, -0.15) is 0 Å². The Kier molecular flexibility index (Phi) is 2.95. The lowest BCUT2D eigenvalue weighted by Gasteiger charge is -2.32. The molecule has 90 valence electrons. The summed E-state index contributed by atoms with van der Waals surface area (Å²) in [4.78, 5) is 29.0. The maximum absolute atomic E-state index is 12.1. The van der Waals surface area contributed by atoms with Crippen molar-refractivity contribution in [2.24, 2.45) is 0 Å². The molecule has 0 saturated carbocycles.